The number of hydrogen-bond acceptors (Lipinski definition) is 6. The lowest BCUT2D eigenvalue weighted by molar-refractivity contribution is -0.384. The maximum absolute atomic E-state index is 10.5. The average Bonchev–Trinajstić information content (AvgIpc) is 2.34. The molecule has 0 saturated carbocycles. The lowest BCUT2D eigenvalue weighted by Crippen LogP contribution is -2.12. The highest BCUT2D eigenvalue weighted by atomic mass is 16.6. The second-order valence-corrected chi connectivity index (χ2v) is 3.37. The first-order chi connectivity index (χ1) is 8.54. The molecule has 0 atom stereocenters. The molecule has 0 aliphatic rings. The molecule has 1 aromatic rings. The number of non-ortho nitro benzene ring substituents is 1. The molecule has 0 heterocycles. The predicted molar refractivity (Wildman–Crippen MR) is 62.9 cm³/mol. The molecular weight excluding hydrogens is 238 g/mol. The number of esters is 1. The molecule has 1 N–H and O–H groups in total. The van der Waals surface area contributed by atoms with Gasteiger partial charge in [-0.25, -0.2) is 0 Å². The van der Waals surface area contributed by atoms with Crippen molar-refractivity contribution in [2.24, 2.45) is 0 Å². The fourth-order valence-electron chi connectivity index (χ4n) is 1.27. The second kappa shape index (κ2) is 6.20. The topological polar surface area (TPSA) is 105 Å². The minimum absolute atomic E-state index is 0.142. The minimum atomic E-state index is -0.566. The Labute approximate surface area is 103 Å². The van der Waals surface area contributed by atoms with Crippen molar-refractivity contribution >= 4 is 17.3 Å². The van der Waals surface area contributed by atoms with Crippen molar-refractivity contribution in [1.29, 1.82) is 5.26 Å². The predicted octanol–water partition coefficient (Wildman–Crippen LogP) is 1.44. The van der Waals surface area contributed by atoms with E-state index in [1.807, 2.05) is 6.07 Å². The molecule has 0 spiro atoms. The van der Waals surface area contributed by atoms with Crippen LogP contribution in [0.2, 0.25) is 0 Å². The number of nitriles is 1. The fraction of sp³-hybridized carbons (Fsp3) is 0.273. The van der Waals surface area contributed by atoms with Crippen molar-refractivity contribution in [3.8, 4) is 6.07 Å². The van der Waals surface area contributed by atoms with E-state index < -0.39 is 4.92 Å². The van der Waals surface area contributed by atoms with Crippen LogP contribution in [0.5, 0.6) is 0 Å². The van der Waals surface area contributed by atoms with Crippen LogP contribution in [-0.2, 0) is 9.53 Å². The van der Waals surface area contributed by atoms with Gasteiger partial charge in [-0.3, -0.25) is 14.9 Å². The highest BCUT2D eigenvalue weighted by Gasteiger charge is 2.10. The summed E-state index contributed by atoms with van der Waals surface area (Å²) in [5.41, 5.74) is 0.499. The Kier molecular flexibility index (Phi) is 4.63. The summed E-state index contributed by atoms with van der Waals surface area (Å²) in [5.74, 6) is -0.388. The van der Waals surface area contributed by atoms with Gasteiger partial charge in [0.25, 0.3) is 5.69 Å². The molecule has 0 amide bonds. The molecule has 7 nitrogen and oxygen atoms in total. The van der Waals surface area contributed by atoms with E-state index in [-0.39, 0.29) is 23.8 Å². The van der Waals surface area contributed by atoms with Crippen molar-refractivity contribution < 1.29 is 14.5 Å². The lowest BCUT2D eigenvalue weighted by atomic mass is 10.1. The van der Waals surface area contributed by atoms with Gasteiger partial charge in [-0.2, -0.15) is 5.26 Å². The Morgan fingerprint density at radius 3 is 2.89 bits per heavy atom. The number of ether oxygens (including phenoxy) is 1. The molecule has 0 unspecified atom stereocenters. The molecule has 1 aromatic carbocycles. The molecule has 0 fully saturated rings. The van der Waals surface area contributed by atoms with Crippen LogP contribution in [0.3, 0.4) is 0 Å². The smallest absolute Gasteiger partial charge is 0.302 e. The van der Waals surface area contributed by atoms with Gasteiger partial charge in [0.15, 0.2) is 0 Å². The van der Waals surface area contributed by atoms with Gasteiger partial charge in [0, 0.05) is 25.6 Å². The van der Waals surface area contributed by atoms with Crippen LogP contribution in [0.1, 0.15) is 12.5 Å². The lowest BCUT2D eigenvalue weighted by Gasteiger charge is -2.07. The average molecular weight is 249 g/mol. The number of carbonyl (C=O) groups is 1. The first kappa shape index (κ1) is 13.4. The van der Waals surface area contributed by atoms with E-state index in [1.54, 1.807) is 0 Å². The van der Waals surface area contributed by atoms with Crippen LogP contribution in [0.25, 0.3) is 0 Å². The third-order valence-corrected chi connectivity index (χ3v) is 2.06. The monoisotopic (exact) mass is 249 g/mol. The summed E-state index contributed by atoms with van der Waals surface area (Å²) < 4.78 is 4.71. The zero-order valence-corrected chi connectivity index (χ0v) is 9.67. The first-order valence-corrected chi connectivity index (χ1v) is 5.10. The standard InChI is InChI=1S/C11H11N3O4/c1-8(15)18-5-4-13-11-3-2-10(14(16)17)6-9(11)7-12/h2-3,6,13H,4-5H2,1H3. The molecule has 0 bridgehead atoms. The van der Waals surface area contributed by atoms with Crippen molar-refractivity contribution in [3.63, 3.8) is 0 Å². The number of anilines is 1. The van der Waals surface area contributed by atoms with E-state index in [9.17, 15) is 14.9 Å². The Hall–Kier alpha value is -2.62. The molecule has 94 valence electrons. The van der Waals surface area contributed by atoms with Crippen molar-refractivity contribution in [2.45, 2.75) is 6.92 Å². The molecular formula is C11H11N3O4. The van der Waals surface area contributed by atoms with Gasteiger partial charge in [0.05, 0.1) is 16.2 Å². The quantitative estimate of drug-likeness (QED) is 0.366. The number of nitro benzene ring substituents is 1. The van der Waals surface area contributed by atoms with Gasteiger partial charge in [-0.15, -0.1) is 0 Å². The highest BCUT2D eigenvalue weighted by Crippen LogP contribution is 2.21. The van der Waals surface area contributed by atoms with Crippen LogP contribution in [0.4, 0.5) is 11.4 Å². The molecule has 1 rings (SSSR count). The van der Waals surface area contributed by atoms with Crippen molar-refractivity contribution in [2.75, 3.05) is 18.5 Å². The van der Waals surface area contributed by atoms with Crippen LogP contribution in [-0.4, -0.2) is 24.0 Å². The van der Waals surface area contributed by atoms with Gasteiger partial charge < -0.3 is 10.1 Å². The maximum atomic E-state index is 10.5. The summed E-state index contributed by atoms with van der Waals surface area (Å²) in [4.78, 5) is 20.5. The SMILES string of the molecule is CC(=O)OCCNc1ccc([N+](=O)[O-])cc1C#N. The van der Waals surface area contributed by atoms with E-state index in [0.717, 1.165) is 0 Å². The summed E-state index contributed by atoms with van der Waals surface area (Å²) in [6, 6.07) is 5.80. The van der Waals surface area contributed by atoms with Crippen LogP contribution in [0.15, 0.2) is 18.2 Å². The molecule has 7 heteroatoms. The highest BCUT2D eigenvalue weighted by molar-refractivity contribution is 5.66. The van der Waals surface area contributed by atoms with Gasteiger partial charge in [-0.1, -0.05) is 0 Å². The summed E-state index contributed by atoms with van der Waals surface area (Å²) in [6.07, 6.45) is 0. The summed E-state index contributed by atoms with van der Waals surface area (Å²) >= 11 is 0. The van der Waals surface area contributed by atoms with E-state index in [4.69, 9.17) is 10.00 Å². The van der Waals surface area contributed by atoms with Crippen LogP contribution >= 0.6 is 0 Å². The van der Waals surface area contributed by atoms with Gasteiger partial charge in [-0.05, 0) is 6.07 Å². The minimum Gasteiger partial charge on any atom is -0.464 e. The third kappa shape index (κ3) is 3.75. The second-order valence-electron chi connectivity index (χ2n) is 3.37. The Balaban J connectivity index is 2.69. The number of carbonyl (C=O) groups excluding carboxylic acids is 1. The van der Waals surface area contributed by atoms with Crippen LogP contribution < -0.4 is 5.32 Å². The van der Waals surface area contributed by atoms with E-state index in [0.29, 0.717) is 12.2 Å². The molecule has 0 aliphatic heterocycles. The van der Waals surface area contributed by atoms with Gasteiger partial charge in [0.2, 0.25) is 0 Å². The third-order valence-electron chi connectivity index (χ3n) is 2.06. The first-order valence-electron chi connectivity index (χ1n) is 5.10. The maximum Gasteiger partial charge on any atom is 0.302 e. The zero-order valence-electron chi connectivity index (χ0n) is 9.67. The van der Waals surface area contributed by atoms with E-state index in [1.165, 1.54) is 25.1 Å². The van der Waals surface area contributed by atoms with E-state index in [2.05, 4.69) is 5.32 Å². The number of hydrogen-bond donors (Lipinski definition) is 1. The molecule has 0 radical (unpaired) electrons. The van der Waals surface area contributed by atoms with Gasteiger partial charge >= 0.3 is 5.97 Å². The van der Waals surface area contributed by atoms with Gasteiger partial charge in [0.1, 0.15) is 12.7 Å². The zero-order chi connectivity index (χ0) is 13.5. The summed E-state index contributed by atoms with van der Waals surface area (Å²) in [7, 11) is 0. The van der Waals surface area contributed by atoms with Crippen molar-refractivity contribution in [3.05, 3.63) is 33.9 Å². The number of nitro groups is 1. The summed E-state index contributed by atoms with van der Waals surface area (Å²) in [5, 5.41) is 22.3. The van der Waals surface area contributed by atoms with E-state index >= 15 is 0 Å². The molecule has 18 heavy (non-hydrogen) atoms. The Morgan fingerprint density at radius 1 is 1.61 bits per heavy atom. The molecule has 0 aliphatic carbocycles. The van der Waals surface area contributed by atoms with Crippen LogP contribution in [0, 0.1) is 21.4 Å². The number of nitrogens with one attached hydrogen (secondary N) is 1. The summed E-state index contributed by atoms with van der Waals surface area (Å²) in [6.45, 7) is 1.79. The molecule has 0 saturated heterocycles. The largest absolute Gasteiger partial charge is 0.464 e. The number of benzene rings is 1. The Bertz CT molecular complexity index is 508. The molecule has 0 aromatic heterocycles. The number of nitrogens with zero attached hydrogens (tertiary/aromatic N) is 2. The normalized spacial score (nSPS) is 9.33. The Morgan fingerprint density at radius 2 is 2.33 bits per heavy atom. The number of rotatable bonds is 5. The van der Waals surface area contributed by atoms with Crippen molar-refractivity contribution in [1.82, 2.24) is 0 Å². The fourth-order valence-corrected chi connectivity index (χ4v) is 1.27.